The Balaban J connectivity index is 1.95. The maximum Gasteiger partial charge on any atom is 0.433 e. The molecule has 2 heterocycles. The summed E-state index contributed by atoms with van der Waals surface area (Å²) in [5.41, 5.74) is 0.132. The molecule has 3 rings (SSSR count). The molecule has 0 saturated carbocycles. The number of ether oxygens (including phenoxy) is 2. The summed E-state index contributed by atoms with van der Waals surface area (Å²) in [5.74, 6) is 2.04. The van der Waals surface area contributed by atoms with Gasteiger partial charge in [0, 0.05) is 24.2 Å². The van der Waals surface area contributed by atoms with Crippen LogP contribution in [-0.2, 0) is 12.7 Å². The van der Waals surface area contributed by atoms with E-state index in [0.29, 0.717) is 39.6 Å². The minimum absolute atomic E-state index is 0.144. The smallest absolute Gasteiger partial charge is 0.433 e. The molecule has 0 unspecified atom stereocenters. The lowest BCUT2D eigenvalue weighted by Crippen LogP contribution is -2.10. The SMILES string of the molecule is COc1cc2nc(C)nc(NCc3ccnc(C(F)(F)F)c3)c2cc1OC. The van der Waals surface area contributed by atoms with Crippen LogP contribution >= 0.6 is 0 Å². The molecule has 0 aliphatic carbocycles. The van der Waals surface area contributed by atoms with Crippen molar-refractivity contribution in [1.29, 1.82) is 0 Å². The number of aromatic nitrogens is 3. The van der Waals surface area contributed by atoms with Crippen LogP contribution in [0.4, 0.5) is 19.0 Å². The predicted molar refractivity (Wildman–Crippen MR) is 93.9 cm³/mol. The van der Waals surface area contributed by atoms with E-state index < -0.39 is 11.9 Å². The summed E-state index contributed by atoms with van der Waals surface area (Å²) in [4.78, 5) is 12.1. The van der Waals surface area contributed by atoms with Crippen molar-refractivity contribution in [3.63, 3.8) is 0 Å². The zero-order chi connectivity index (χ0) is 19.6. The average molecular weight is 378 g/mol. The number of rotatable bonds is 5. The van der Waals surface area contributed by atoms with Gasteiger partial charge in [-0.05, 0) is 30.7 Å². The Kier molecular flexibility index (Phi) is 5.02. The Morgan fingerprint density at radius 2 is 1.74 bits per heavy atom. The molecular formula is C18H17F3N4O2. The van der Waals surface area contributed by atoms with Crippen molar-refractivity contribution in [2.24, 2.45) is 0 Å². The zero-order valence-corrected chi connectivity index (χ0v) is 14.9. The summed E-state index contributed by atoms with van der Waals surface area (Å²) in [6.07, 6.45) is -3.35. The fourth-order valence-electron chi connectivity index (χ4n) is 2.63. The highest BCUT2D eigenvalue weighted by atomic mass is 19.4. The van der Waals surface area contributed by atoms with Crippen molar-refractivity contribution in [3.8, 4) is 11.5 Å². The number of halogens is 3. The fourth-order valence-corrected chi connectivity index (χ4v) is 2.63. The number of methoxy groups -OCH3 is 2. The number of benzene rings is 1. The molecule has 0 aliphatic heterocycles. The van der Waals surface area contributed by atoms with Gasteiger partial charge in [0.2, 0.25) is 0 Å². The summed E-state index contributed by atoms with van der Waals surface area (Å²) < 4.78 is 49.0. The van der Waals surface area contributed by atoms with E-state index in [2.05, 4.69) is 20.3 Å². The van der Waals surface area contributed by atoms with Crippen molar-refractivity contribution in [3.05, 3.63) is 47.5 Å². The lowest BCUT2D eigenvalue weighted by Gasteiger charge is -2.13. The summed E-state index contributed by atoms with van der Waals surface area (Å²) in [6.45, 7) is 1.88. The normalized spacial score (nSPS) is 11.5. The summed E-state index contributed by atoms with van der Waals surface area (Å²) in [7, 11) is 3.04. The second-order valence-corrected chi connectivity index (χ2v) is 5.74. The molecule has 0 spiro atoms. The van der Waals surface area contributed by atoms with Gasteiger partial charge in [-0.2, -0.15) is 13.2 Å². The van der Waals surface area contributed by atoms with Crippen LogP contribution in [0.3, 0.4) is 0 Å². The number of hydrogen-bond donors (Lipinski definition) is 1. The Hall–Kier alpha value is -3.10. The minimum atomic E-state index is -4.49. The molecule has 2 aromatic heterocycles. The number of fused-ring (bicyclic) bond motifs is 1. The van der Waals surface area contributed by atoms with Crippen molar-refractivity contribution < 1.29 is 22.6 Å². The Morgan fingerprint density at radius 3 is 2.41 bits per heavy atom. The van der Waals surface area contributed by atoms with E-state index in [-0.39, 0.29) is 6.54 Å². The second kappa shape index (κ2) is 7.26. The fraction of sp³-hybridized carbons (Fsp3) is 0.278. The number of hydrogen-bond acceptors (Lipinski definition) is 6. The first-order chi connectivity index (χ1) is 12.8. The van der Waals surface area contributed by atoms with Gasteiger partial charge in [0.15, 0.2) is 11.5 Å². The average Bonchev–Trinajstić information content (AvgIpc) is 2.64. The molecule has 0 radical (unpaired) electrons. The zero-order valence-electron chi connectivity index (χ0n) is 14.9. The van der Waals surface area contributed by atoms with E-state index in [1.165, 1.54) is 20.3 Å². The van der Waals surface area contributed by atoms with E-state index in [1.54, 1.807) is 19.1 Å². The van der Waals surface area contributed by atoms with Crippen molar-refractivity contribution in [2.75, 3.05) is 19.5 Å². The van der Waals surface area contributed by atoms with Gasteiger partial charge in [-0.15, -0.1) is 0 Å². The van der Waals surface area contributed by atoms with Gasteiger partial charge in [0.25, 0.3) is 0 Å². The molecule has 6 nitrogen and oxygen atoms in total. The van der Waals surface area contributed by atoms with Crippen molar-refractivity contribution in [1.82, 2.24) is 15.0 Å². The number of anilines is 1. The third-order valence-corrected chi connectivity index (χ3v) is 3.89. The van der Waals surface area contributed by atoms with Crippen molar-refractivity contribution in [2.45, 2.75) is 19.6 Å². The lowest BCUT2D eigenvalue weighted by atomic mass is 10.2. The monoisotopic (exact) mass is 378 g/mol. The van der Waals surface area contributed by atoms with Crippen molar-refractivity contribution >= 4 is 16.7 Å². The van der Waals surface area contributed by atoms with Crippen LogP contribution in [0.15, 0.2) is 30.5 Å². The van der Waals surface area contributed by atoms with Gasteiger partial charge in [0.05, 0.1) is 19.7 Å². The molecular weight excluding hydrogens is 361 g/mol. The first-order valence-corrected chi connectivity index (χ1v) is 7.98. The quantitative estimate of drug-likeness (QED) is 0.724. The molecule has 0 bridgehead atoms. The molecule has 0 saturated heterocycles. The van der Waals surface area contributed by atoms with Crippen LogP contribution in [0.5, 0.6) is 11.5 Å². The third kappa shape index (κ3) is 4.02. The maximum absolute atomic E-state index is 12.8. The standard InChI is InChI=1S/C18H17F3N4O2/c1-10-24-13-8-15(27-3)14(26-2)7-12(13)17(25-10)23-9-11-4-5-22-16(6-11)18(19,20)21/h4-8H,9H2,1-3H3,(H,23,24,25). The number of aryl methyl sites for hydroxylation is 1. The van der Waals surface area contributed by atoms with Gasteiger partial charge in [-0.1, -0.05) is 0 Å². The summed E-state index contributed by atoms with van der Waals surface area (Å²) in [6, 6.07) is 5.97. The number of pyridine rings is 1. The molecule has 0 fully saturated rings. The van der Waals surface area contributed by atoms with E-state index in [0.717, 1.165) is 12.3 Å². The number of nitrogens with zero attached hydrogens (tertiary/aromatic N) is 3. The number of alkyl halides is 3. The van der Waals surface area contributed by atoms with Gasteiger partial charge in [0.1, 0.15) is 17.3 Å². The Morgan fingerprint density at radius 1 is 1.04 bits per heavy atom. The van der Waals surface area contributed by atoms with Crippen LogP contribution < -0.4 is 14.8 Å². The van der Waals surface area contributed by atoms with Gasteiger partial charge in [-0.25, -0.2) is 9.97 Å². The van der Waals surface area contributed by atoms with Crippen LogP contribution in [-0.4, -0.2) is 29.2 Å². The van der Waals surface area contributed by atoms with Crippen LogP contribution in [0.2, 0.25) is 0 Å². The summed E-state index contributed by atoms with van der Waals surface area (Å²) in [5, 5.41) is 3.74. The lowest BCUT2D eigenvalue weighted by molar-refractivity contribution is -0.141. The molecule has 142 valence electrons. The molecule has 9 heteroatoms. The first kappa shape index (κ1) is 18.7. The molecule has 0 atom stereocenters. The van der Waals surface area contributed by atoms with Gasteiger partial charge < -0.3 is 14.8 Å². The van der Waals surface area contributed by atoms with Crippen LogP contribution in [0.25, 0.3) is 10.9 Å². The van der Waals surface area contributed by atoms with E-state index in [9.17, 15) is 13.2 Å². The molecule has 3 aromatic rings. The van der Waals surface area contributed by atoms with E-state index >= 15 is 0 Å². The summed E-state index contributed by atoms with van der Waals surface area (Å²) >= 11 is 0. The van der Waals surface area contributed by atoms with Gasteiger partial charge >= 0.3 is 6.18 Å². The van der Waals surface area contributed by atoms with E-state index in [4.69, 9.17) is 9.47 Å². The molecule has 0 aliphatic rings. The minimum Gasteiger partial charge on any atom is -0.493 e. The molecule has 27 heavy (non-hydrogen) atoms. The molecule has 0 amide bonds. The molecule has 1 aromatic carbocycles. The van der Waals surface area contributed by atoms with E-state index in [1.807, 2.05) is 0 Å². The number of nitrogens with one attached hydrogen (secondary N) is 1. The second-order valence-electron chi connectivity index (χ2n) is 5.74. The highest BCUT2D eigenvalue weighted by molar-refractivity contribution is 5.91. The highest BCUT2D eigenvalue weighted by Crippen LogP contribution is 2.34. The van der Waals surface area contributed by atoms with Gasteiger partial charge in [-0.3, -0.25) is 4.98 Å². The third-order valence-electron chi connectivity index (χ3n) is 3.89. The maximum atomic E-state index is 12.8. The Labute approximate surface area is 153 Å². The first-order valence-electron chi connectivity index (χ1n) is 7.98. The highest BCUT2D eigenvalue weighted by Gasteiger charge is 2.32. The topological polar surface area (TPSA) is 69.2 Å². The predicted octanol–water partition coefficient (Wildman–Crippen LogP) is 3.98. The molecule has 1 N–H and O–H groups in total. The Bertz CT molecular complexity index is 977. The van der Waals surface area contributed by atoms with Crippen LogP contribution in [0, 0.1) is 6.92 Å². The largest absolute Gasteiger partial charge is 0.493 e. The van der Waals surface area contributed by atoms with Crippen LogP contribution in [0.1, 0.15) is 17.1 Å².